The van der Waals surface area contributed by atoms with E-state index in [4.69, 9.17) is 4.74 Å². The molecule has 23 heavy (non-hydrogen) atoms. The Balaban J connectivity index is 1.81. The van der Waals surface area contributed by atoms with Crippen molar-refractivity contribution < 1.29 is 14.6 Å². The van der Waals surface area contributed by atoms with Crippen LogP contribution in [0, 0.1) is 11.3 Å². The van der Waals surface area contributed by atoms with Gasteiger partial charge in [-0.05, 0) is 11.8 Å². The van der Waals surface area contributed by atoms with Gasteiger partial charge in [0.15, 0.2) is 0 Å². The summed E-state index contributed by atoms with van der Waals surface area (Å²) < 4.78 is 5.24. The van der Waals surface area contributed by atoms with E-state index < -0.39 is 6.09 Å². The molecule has 1 aromatic rings. The number of fused-ring (bicyclic) bond motifs is 1. The third-order valence-corrected chi connectivity index (χ3v) is 5.15. The van der Waals surface area contributed by atoms with Crippen molar-refractivity contribution >= 4 is 11.8 Å². The van der Waals surface area contributed by atoms with Crippen LogP contribution in [0.5, 0.6) is 5.75 Å². The van der Waals surface area contributed by atoms with E-state index in [0.717, 1.165) is 30.9 Å². The van der Waals surface area contributed by atoms with Crippen LogP contribution in [0.1, 0.15) is 27.2 Å². The number of likely N-dealkylation sites (tertiary alicyclic amines) is 1. The van der Waals surface area contributed by atoms with Crippen molar-refractivity contribution in [2.75, 3.05) is 25.1 Å². The van der Waals surface area contributed by atoms with E-state index in [1.54, 1.807) is 18.2 Å². The topological polar surface area (TPSA) is 65.9 Å². The van der Waals surface area contributed by atoms with Crippen LogP contribution in [0.4, 0.5) is 10.5 Å². The highest BCUT2D eigenvalue weighted by Crippen LogP contribution is 2.43. The Morgan fingerprint density at radius 2 is 2.09 bits per heavy atom. The quantitative estimate of drug-likeness (QED) is 0.908. The average molecular weight is 319 g/mol. The summed E-state index contributed by atoms with van der Waals surface area (Å²) in [5.74, 6) is 1.10. The third-order valence-electron chi connectivity index (χ3n) is 5.15. The fourth-order valence-corrected chi connectivity index (χ4v) is 3.98. The zero-order chi connectivity index (χ0) is 16.8. The second kappa shape index (κ2) is 5.58. The number of anilines is 1. The molecule has 1 amide bonds. The molecule has 1 N–H and O–H groups in total. The number of carboxylic acid groups (broad SMARTS) is 1. The third kappa shape index (κ3) is 2.82. The lowest BCUT2D eigenvalue weighted by molar-refractivity contribution is 0.0889. The first-order valence-electron chi connectivity index (χ1n) is 8.06. The summed E-state index contributed by atoms with van der Waals surface area (Å²) in [6, 6.07) is 2.10. The molecule has 0 saturated carbocycles. The number of carbonyl (C=O) groups is 1. The van der Waals surface area contributed by atoms with Crippen molar-refractivity contribution in [1.29, 1.82) is 0 Å². The van der Waals surface area contributed by atoms with Gasteiger partial charge in [-0.2, -0.15) is 0 Å². The van der Waals surface area contributed by atoms with Crippen LogP contribution in [0.3, 0.4) is 0 Å². The van der Waals surface area contributed by atoms with Crippen LogP contribution in [0.2, 0.25) is 0 Å². The summed E-state index contributed by atoms with van der Waals surface area (Å²) in [6.45, 7) is 7.96. The van der Waals surface area contributed by atoms with Crippen LogP contribution < -0.4 is 9.64 Å². The zero-order valence-corrected chi connectivity index (χ0v) is 14.2. The Kier molecular flexibility index (Phi) is 3.86. The van der Waals surface area contributed by atoms with Gasteiger partial charge in [0.2, 0.25) is 0 Å². The maximum absolute atomic E-state index is 11.8. The van der Waals surface area contributed by atoms with Gasteiger partial charge < -0.3 is 14.7 Å². The van der Waals surface area contributed by atoms with Crippen molar-refractivity contribution in [3.05, 3.63) is 18.5 Å². The van der Waals surface area contributed by atoms with E-state index in [2.05, 4.69) is 30.7 Å². The lowest BCUT2D eigenvalue weighted by atomic mass is 9.84. The van der Waals surface area contributed by atoms with Crippen molar-refractivity contribution in [2.45, 2.75) is 39.3 Å². The number of hydrogen-bond acceptors (Lipinski definition) is 4. The number of hydrogen-bond donors (Lipinski definition) is 1. The minimum atomic E-state index is -0.803. The first-order valence-corrected chi connectivity index (χ1v) is 8.06. The maximum Gasteiger partial charge on any atom is 0.407 e. The Hall–Kier alpha value is -1.98. The summed E-state index contributed by atoms with van der Waals surface area (Å²) in [5, 5.41) is 9.71. The standard InChI is InChI=1S/C17H25N3O3/c1-17(2,3)15-5-11-9-19(10-14(11)20(15)16(21)22)12-6-13(23-4)8-18-7-12/h6-8,11,14-15H,5,9-10H2,1-4H3,(H,21,22)/t11-,14+,15?/m1/s1. The van der Waals surface area contributed by atoms with Crippen LogP contribution in [-0.2, 0) is 0 Å². The zero-order valence-electron chi connectivity index (χ0n) is 14.2. The second-order valence-electron chi connectivity index (χ2n) is 7.62. The maximum atomic E-state index is 11.8. The largest absolute Gasteiger partial charge is 0.495 e. The molecule has 0 aliphatic carbocycles. The van der Waals surface area contributed by atoms with Crippen LogP contribution in [-0.4, -0.2) is 53.4 Å². The van der Waals surface area contributed by atoms with Crippen molar-refractivity contribution in [3.8, 4) is 5.75 Å². The minimum Gasteiger partial charge on any atom is -0.495 e. The molecule has 1 aromatic heterocycles. The van der Waals surface area contributed by atoms with Gasteiger partial charge in [0.25, 0.3) is 0 Å². The van der Waals surface area contributed by atoms with Gasteiger partial charge in [-0.3, -0.25) is 9.88 Å². The Bertz CT molecular complexity index is 599. The highest BCUT2D eigenvalue weighted by Gasteiger charge is 2.51. The van der Waals surface area contributed by atoms with Crippen LogP contribution in [0.15, 0.2) is 18.5 Å². The monoisotopic (exact) mass is 319 g/mol. The SMILES string of the molecule is COc1cncc(N2C[C@H]3CC(C(C)(C)C)N(C(=O)O)[C@H]3C2)c1. The van der Waals surface area contributed by atoms with Gasteiger partial charge in [-0.25, -0.2) is 4.79 Å². The molecular formula is C17H25N3O3. The van der Waals surface area contributed by atoms with Crippen molar-refractivity contribution in [3.63, 3.8) is 0 Å². The predicted molar refractivity (Wildman–Crippen MR) is 88.0 cm³/mol. The molecule has 0 aromatic carbocycles. The van der Waals surface area contributed by atoms with E-state index in [-0.39, 0.29) is 17.5 Å². The van der Waals surface area contributed by atoms with Gasteiger partial charge >= 0.3 is 6.09 Å². The van der Waals surface area contributed by atoms with Gasteiger partial charge in [0.1, 0.15) is 5.75 Å². The molecule has 6 heteroatoms. The second-order valence-corrected chi connectivity index (χ2v) is 7.62. The molecule has 6 nitrogen and oxygen atoms in total. The number of ether oxygens (including phenoxy) is 1. The molecule has 126 valence electrons. The Morgan fingerprint density at radius 1 is 1.35 bits per heavy atom. The molecule has 3 rings (SSSR count). The first kappa shape index (κ1) is 15.9. The normalized spacial score (nSPS) is 27.2. The van der Waals surface area contributed by atoms with E-state index in [1.165, 1.54) is 0 Å². The molecule has 1 unspecified atom stereocenters. The number of pyridine rings is 1. The number of rotatable bonds is 2. The lowest BCUT2D eigenvalue weighted by Gasteiger charge is -2.36. The van der Waals surface area contributed by atoms with Gasteiger partial charge in [0, 0.05) is 31.1 Å². The molecule has 2 aliphatic rings. The fourth-order valence-electron chi connectivity index (χ4n) is 3.98. The smallest absolute Gasteiger partial charge is 0.407 e. The van der Waals surface area contributed by atoms with Gasteiger partial charge in [-0.15, -0.1) is 0 Å². The fraction of sp³-hybridized carbons (Fsp3) is 0.647. The minimum absolute atomic E-state index is 0.0366. The van der Waals surface area contributed by atoms with Crippen LogP contribution in [0.25, 0.3) is 0 Å². The molecule has 0 bridgehead atoms. The number of amides is 1. The molecule has 2 fully saturated rings. The molecular weight excluding hydrogens is 294 g/mol. The van der Waals surface area contributed by atoms with Gasteiger partial charge in [-0.1, -0.05) is 20.8 Å². The van der Waals surface area contributed by atoms with E-state index >= 15 is 0 Å². The predicted octanol–water partition coefficient (Wildman–Crippen LogP) is 2.69. The van der Waals surface area contributed by atoms with E-state index in [1.807, 2.05) is 12.3 Å². The number of methoxy groups -OCH3 is 1. The number of nitrogens with zero attached hydrogens (tertiary/aromatic N) is 3. The van der Waals surface area contributed by atoms with E-state index in [0.29, 0.717) is 5.92 Å². The Labute approximate surface area is 137 Å². The summed E-state index contributed by atoms with van der Waals surface area (Å²) in [5.41, 5.74) is 0.960. The highest BCUT2D eigenvalue weighted by atomic mass is 16.5. The summed E-state index contributed by atoms with van der Waals surface area (Å²) in [4.78, 5) is 19.9. The van der Waals surface area contributed by atoms with E-state index in [9.17, 15) is 9.90 Å². The average Bonchev–Trinajstić information content (AvgIpc) is 3.03. The molecule has 3 heterocycles. The molecule has 0 radical (unpaired) electrons. The highest BCUT2D eigenvalue weighted by molar-refractivity contribution is 5.67. The first-order chi connectivity index (χ1) is 10.8. The lowest BCUT2D eigenvalue weighted by Crippen LogP contribution is -2.48. The summed E-state index contributed by atoms with van der Waals surface area (Å²) >= 11 is 0. The van der Waals surface area contributed by atoms with Gasteiger partial charge in [0.05, 0.1) is 31.2 Å². The molecule has 2 aliphatic heterocycles. The molecule has 2 saturated heterocycles. The molecule has 3 atom stereocenters. The van der Waals surface area contributed by atoms with Crippen molar-refractivity contribution in [2.24, 2.45) is 11.3 Å². The van der Waals surface area contributed by atoms with Crippen LogP contribution >= 0.6 is 0 Å². The molecule has 0 spiro atoms. The summed E-state index contributed by atoms with van der Waals surface area (Å²) in [7, 11) is 1.62. The number of aromatic nitrogens is 1. The van der Waals surface area contributed by atoms with Crippen molar-refractivity contribution in [1.82, 2.24) is 9.88 Å². The Morgan fingerprint density at radius 3 is 2.70 bits per heavy atom. The summed E-state index contributed by atoms with van der Waals surface area (Å²) in [6.07, 6.45) is 3.62.